The number of aliphatic hydroxyl groups is 1. The highest BCUT2D eigenvalue weighted by molar-refractivity contribution is 4.92. The van der Waals surface area contributed by atoms with Crippen molar-refractivity contribution in [3.63, 3.8) is 0 Å². The molecule has 1 fully saturated rings. The summed E-state index contributed by atoms with van der Waals surface area (Å²) >= 11 is 0. The molecule has 2 nitrogen and oxygen atoms in total. The molecule has 0 amide bonds. The van der Waals surface area contributed by atoms with Crippen LogP contribution < -0.4 is 0 Å². The van der Waals surface area contributed by atoms with Gasteiger partial charge in [-0.25, -0.2) is 0 Å². The maximum Gasteiger partial charge on any atom is 0.0841 e. The van der Waals surface area contributed by atoms with E-state index in [-0.39, 0.29) is 17.8 Å². The van der Waals surface area contributed by atoms with Crippen molar-refractivity contribution in [3.05, 3.63) is 0 Å². The smallest absolute Gasteiger partial charge is 0.0841 e. The van der Waals surface area contributed by atoms with Gasteiger partial charge in [0.2, 0.25) is 0 Å². The molecule has 0 spiro atoms. The molecule has 1 aliphatic heterocycles. The Kier molecular flexibility index (Phi) is 3.03. The molecule has 13 heavy (non-hydrogen) atoms. The van der Waals surface area contributed by atoms with E-state index in [1.54, 1.807) is 0 Å². The number of hydrogen-bond donors (Lipinski definition) is 1. The van der Waals surface area contributed by atoms with Gasteiger partial charge in [0.25, 0.3) is 0 Å². The highest BCUT2D eigenvalue weighted by Gasteiger charge is 2.43. The van der Waals surface area contributed by atoms with Crippen LogP contribution in [0, 0.1) is 11.8 Å². The van der Waals surface area contributed by atoms with Gasteiger partial charge in [-0.15, -0.1) is 0 Å². The van der Waals surface area contributed by atoms with Crippen molar-refractivity contribution < 1.29 is 9.84 Å². The fraction of sp³-hybridized carbons (Fsp3) is 1.00. The Labute approximate surface area is 81.3 Å². The predicted octanol–water partition coefficient (Wildman–Crippen LogP) is 2.21. The van der Waals surface area contributed by atoms with E-state index in [2.05, 4.69) is 34.6 Å². The van der Waals surface area contributed by atoms with Crippen molar-refractivity contribution in [3.8, 4) is 0 Å². The highest BCUT2D eigenvalue weighted by Crippen LogP contribution is 2.38. The van der Waals surface area contributed by atoms with Gasteiger partial charge in [-0.3, -0.25) is 0 Å². The number of rotatable bonds is 1. The van der Waals surface area contributed by atoms with Gasteiger partial charge < -0.3 is 9.84 Å². The van der Waals surface area contributed by atoms with Crippen molar-refractivity contribution in [1.82, 2.24) is 0 Å². The molecule has 0 aromatic rings. The molecular weight excluding hydrogens is 164 g/mol. The van der Waals surface area contributed by atoms with Crippen LogP contribution >= 0.6 is 0 Å². The Morgan fingerprint density at radius 3 is 2.31 bits per heavy atom. The van der Waals surface area contributed by atoms with E-state index in [0.717, 1.165) is 6.42 Å². The summed E-state index contributed by atoms with van der Waals surface area (Å²) in [4.78, 5) is 0. The third-order valence-electron chi connectivity index (χ3n) is 3.66. The zero-order valence-electron chi connectivity index (χ0n) is 9.37. The topological polar surface area (TPSA) is 29.5 Å². The Morgan fingerprint density at radius 1 is 1.31 bits per heavy atom. The van der Waals surface area contributed by atoms with E-state index in [0.29, 0.717) is 11.8 Å². The second-order valence-corrected chi connectivity index (χ2v) is 4.81. The molecule has 1 saturated heterocycles. The van der Waals surface area contributed by atoms with Crippen LogP contribution in [0.4, 0.5) is 0 Å². The molecule has 0 bridgehead atoms. The van der Waals surface area contributed by atoms with Gasteiger partial charge in [-0.2, -0.15) is 0 Å². The first-order chi connectivity index (χ1) is 5.90. The maximum atomic E-state index is 9.92. The summed E-state index contributed by atoms with van der Waals surface area (Å²) in [6.45, 7) is 10.6. The van der Waals surface area contributed by atoms with Crippen LogP contribution in [0.1, 0.15) is 41.0 Å². The summed E-state index contributed by atoms with van der Waals surface area (Å²) in [6, 6.07) is 0. The summed E-state index contributed by atoms with van der Waals surface area (Å²) in [5.41, 5.74) is -0.0979. The van der Waals surface area contributed by atoms with Crippen LogP contribution in [0.2, 0.25) is 0 Å². The van der Waals surface area contributed by atoms with E-state index in [4.69, 9.17) is 4.74 Å². The minimum Gasteiger partial charge on any atom is -0.390 e. The lowest BCUT2D eigenvalue weighted by molar-refractivity contribution is -0.209. The van der Waals surface area contributed by atoms with Gasteiger partial charge in [-0.05, 0) is 32.1 Å². The third kappa shape index (κ3) is 1.89. The van der Waals surface area contributed by atoms with Gasteiger partial charge in [-0.1, -0.05) is 20.8 Å². The average molecular weight is 186 g/mol. The normalized spacial score (nSPS) is 44.8. The Bertz CT molecular complexity index is 175. The first-order valence-corrected chi connectivity index (χ1v) is 5.26. The molecule has 2 heteroatoms. The zero-order chi connectivity index (χ0) is 10.2. The molecule has 78 valence electrons. The summed E-state index contributed by atoms with van der Waals surface area (Å²) < 4.78 is 5.87. The predicted molar refractivity (Wildman–Crippen MR) is 53.6 cm³/mol. The molecule has 0 aromatic heterocycles. The fourth-order valence-electron chi connectivity index (χ4n) is 2.16. The average Bonchev–Trinajstić information content (AvgIpc) is 2.08. The number of ether oxygens (including phenoxy) is 1. The van der Waals surface area contributed by atoms with E-state index in [1.807, 2.05) is 0 Å². The molecule has 1 heterocycles. The monoisotopic (exact) mass is 186 g/mol. The molecular formula is C11H22O2. The Hall–Kier alpha value is -0.0800. The van der Waals surface area contributed by atoms with E-state index < -0.39 is 0 Å². The van der Waals surface area contributed by atoms with Crippen LogP contribution in [-0.2, 0) is 4.74 Å². The summed E-state index contributed by atoms with van der Waals surface area (Å²) in [5, 5.41) is 9.92. The molecule has 2 unspecified atom stereocenters. The van der Waals surface area contributed by atoms with Gasteiger partial charge in [0.05, 0.1) is 17.8 Å². The molecule has 4 atom stereocenters. The number of hydrogen-bond acceptors (Lipinski definition) is 2. The van der Waals surface area contributed by atoms with Gasteiger partial charge in [0.15, 0.2) is 0 Å². The van der Waals surface area contributed by atoms with Gasteiger partial charge in [0.1, 0.15) is 0 Å². The fourth-order valence-corrected chi connectivity index (χ4v) is 2.16. The molecule has 0 aromatic carbocycles. The van der Waals surface area contributed by atoms with Crippen LogP contribution in [-0.4, -0.2) is 22.9 Å². The second-order valence-electron chi connectivity index (χ2n) is 4.81. The third-order valence-corrected chi connectivity index (χ3v) is 3.66. The lowest BCUT2D eigenvalue weighted by Crippen LogP contribution is -2.53. The molecule has 1 rings (SSSR count). The second kappa shape index (κ2) is 3.58. The van der Waals surface area contributed by atoms with Gasteiger partial charge >= 0.3 is 0 Å². The van der Waals surface area contributed by atoms with Crippen molar-refractivity contribution in [2.45, 2.75) is 58.8 Å². The van der Waals surface area contributed by atoms with Crippen LogP contribution in [0.3, 0.4) is 0 Å². The molecule has 1 N–H and O–H groups in total. The van der Waals surface area contributed by atoms with Crippen molar-refractivity contribution in [2.24, 2.45) is 11.8 Å². The molecule has 0 aliphatic carbocycles. The summed E-state index contributed by atoms with van der Waals surface area (Å²) in [7, 11) is 0. The van der Waals surface area contributed by atoms with Crippen molar-refractivity contribution >= 4 is 0 Å². The Balaban J connectivity index is 2.79. The van der Waals surface area contributed by atoms with Crippen LogP contribution in [0.5, 0.6) is 0 Å². The van der Waals surface area contributed by atoms with Crippen molar-refractivity contribution in [2.75, 3.05) is 0 Å². The lowest BCUT2D eigenvalue weighted by Gasteiger charge is -2.47. The van der Waals surface area contributed by atoms with Gasteiger partial charge in [0, 0.05) is 0 Å². The standard InChI is InChI=1S/C11H22O2/c1-6-9-10(12)7(2)8(3)11(4,5)13-9/h7-10,12H,6H2,1-5H3/t7?,8-,9?,10-/m1/s1. The number of aliphatic hydroxyl groups excluding tert-OH is 1. The lowest BCUT2D eigenvalue weighted by atomic mass is 9.75. The van der Waals surface area contributed by atoms with Crippen LogP contribution in [0.15, 0.2) is 0 Å². The highest BCUT2D eigenvalue weighted by atomic mass is 16.5. The largest absolute Gasteiger partial charge is 0.390 e. The first kappa shape index (κ1) is 11.0. The van der Waals surface area contributed by atoms with Crippen LogP contribution in [0.25, 0.3) is 0 Å². The molecule has 0 saturated carbocycles. The quantitative estimate of drug-likeness (QED) is 0.680. The van der Waals surface area contributed by atoms with E-state index in [9.17, 15) is 5.11 Å². The zero-order valence-corrected chi connectivity index (χ0v) is 9.37. The molecule has 1 aliphatic rings. The van der Waals surface area contributed by atoms with E-state index >= 15 is 0 Å². The summed E-state index contributed by atoms with van der Waals surface area (Å²) in [5.74, 6) is 0.735. The van der Waals surface area contributed by atoms with Crippen molar-refractivity contribution in [1.29, 1.82) is 0 Å². The minimum atomic E-state index is -0.298. The van der Waals surface area contributed by atoms with E-state index in [1.165, 1.54) is 0 Å². The molecule has 0 radical (unpaired) electrons. The Morgan fingerprint density at radius 2 is 1.85 bits per heavy atom. The SMILES string of the molecule is CCC1OC(C)(C)[C@H](C)C(C)[C@H]1O. The summed E-state index contributed by atoms with van der Waals surface area (Å²) in [6.07, 6.45) is 0.607. The maximum absolute atomic E-state index is 9.92. The minimum absolute atomic E-state index is 0.0150. The first-order valence-electron chi connectivity index (χ1n) is 5.26.